The molecule has 0 aliphatic rings. The molecule has 6 nitrogen and oxygen atoms in total. The lowest BCUT2D eigenvalue weighted by Gasteiger charge is -2.04. The Morgan fingerprint density at radius 1 is 1.20 bits per heavy atom. The average Bonchev–Trinajstić information content (AvgIpc) is 3.04. The van der Waals surface area contributed by atoms with Gasteiger partial charge in [-0.1, -0.05) is 29.3 Å². The number of halogens is 2. The first-order chi connectivity index (χ1) is 12.0. The van der Waals surface area contributed by atoms with Crippen molar-refractivity contribution in [2.75, 3.05) is 25.6 Å². The second-order valence-corrected chi connectivity index (χ2v) is 6.73. The Bertz CT molecular complexity index is 752. The number of anilines is 1. The topological polar surface area (TPSA) is 80.3 Å². The quantitative estimate of drug-likeness (QED) is 0.662. The van der Waals surface area contributed by atoms with E-state index in [9.17, 15) is 9.59 Å². The summed E-state index contributed by atoms with van der Waals surface area (Å²) in [5.74, 6) is -0.0225. The van der Waals surface area contributed by atoms with Crippen LogP contribution in [0.5, 0.6) is 0 Å². The molecule has 2 rings (SSSR count). The van der Waals surface area contributed by atoms with Crippen molar-refractivity contribution < 1.29 is 14.3 Å². The standard InChI is InChI=1S/C16H17Cl2N3O3S/c1-24-7-6-19-14(22)4-5-15(23)20-13-9-25-16(21-13)10-2-3-11(17)12(18)8-10/h2-3,8-9H,4-7H2,1H3,(H,19,22)(H,20,23). The monoisotopic (exact) mass is 401 g/mol. The summed E-state index contributed by atoms with van der Waals surface area (Å²) < 4.78 is 4.83. The summed E-state index contributed by atoms with van der Waals surface area (Å²) in [6, 6.07) is 5.22. The normalized spacial score (nSPS) is 10.5. The van der Waals surface area contributed by atoms with Crippen LogP contribution >= 0.6 is 34.5 Å². The Morgan fingerprint density at radius 2 is 1.96 bits per heavy atom. The Kier molecular flexibility index (Phi) is 7.64. The summed E-state index contributed by atoms with van der Waals surface area (Å²) in [5, 5.41) is 8.69. The van der Waals surface area contributed by atoms with E-state index < -0.39 is 0 Å². The van der Waals surface area contributed by atoms with Crippen LogP contribution in [0, 0.1) is 0 Å². The van der Waals surface area contributed by atoms with Gasteiger partial charge in [0.2, 0.25) is 11.8 Å². The third-order valence-electron chi connectivity index (χ3n) is 3.15. The first-order valence-electron chi connectivity index (χ1n) is 7.46. The molecule has 134 valence electrons. The van der Waals surface area contributed by atoms with Gasteiger partial charge in [0.1, 0.15) is 10.8 Å². The molecule has 0 bridgehead atoms. The molecule has 2 amide bonds. The van der Waals surface area contributed by atoms with Crippen molar-refractivity contribution in [2.24, 2.45) is 0 Å². The summed E-state index contributed by atoms with van der Waals surface area (Å²) in [5.41, 5.74) is 0.817. The minimum Gasteiger partial charge on any atom is -0.383 e. The molecule has 0 spiro atoms. The lowest BCUT2D eigenvalue weighted by Crippen LogP contribution is -2.27. The van der Waals surface area contributed by atoms with Crippen LogP contribution in [0.15, 0.2) is 23.6 Å². The number of ether oxygens (including phenoxy) is 1. The highest BCUT2D eigenvalue weighted by molar-refractivity contribution is 7.13. The van der Waals surface area contributed by atoms with Crippen LogP contribution in [-0.2, 0) is 14.3 Å². The molecule has 0 aliphatic carbocycles. The van der Waals surface area contributed by atoms with Gasteiger partial charge < -0.3 is 15.4 Å². The van der Waals surface area contributed by atoms with Crippen LogP contribution in [0.1, 0.15) is 12.8 Å². The van der Waals surface area contributed by atoms with Crippen molar-refractivity contribution in [3.8, 4) is 10.6 Å². The third kappa shape index (κ3) is 6.28. The van der Waals surface area contributed by atoms with Gasteiger partial charge in [0.15, 0.2) is 0 Å². The number of nitrogens with zero attached hydrogens (tertiary/aromatic N) is 1. The number of nitrogens with one attached hydrogen (secondary N) is 2. The van der Waals surface area contributed by atoms with E-state index in [0.29, 0.717) is 34.0 Å². The van der Waals surface area contributed by atoms with Gasteiger partial charge >= 0.3 is 0 Å². The van der Waals surface area contributed by atoms with Gasteiger partial charge in [-0.3, -0.25) is 9.59 Å². The fourth-order valence-electron chi connectivity index (χ4n) is 1.91. The van der Waals surface area contributed by atoms with Gasteiger partial charge in [-0.2, -0.15) is 0 Å². The van der Waals surface area contributed by atoms with Crippen molar-refractivity contribution in [3.63, 3.8) is 0 Å². The van der Waals surface area contributed by atoms with Gasteiger partial charge in [-0.25, -0.2) is 4.98 Å². The Labute approximate surface area is 159 Å². The fourth-order valence-corrected chi connectivity index (χ4v) is 2.95. The molecule has 2 aromatic rings. The van der Waals surface area contributed by atoms with Crippen molar-refractivity contribution in [3.05, 3.63) is 33.6 Å². The number of amides is 2. The number of methoxy groups -OCH3 is 1. The number of aromatic nitrogens is 1. The SMILES string of the molecule is COCCNC(=O)CCC(=O)Nc1csc(-c2ccc(Cl)c(Cl)c2)n1. The molecule has 9 heteroatoms. The average molecular weight is 402 g/mol. The molecule has 25 heavy (non-hydrogen) atoms. The summed E-state index contributed by atoms with van der Waals surface area (Å²) in [4.78, 5) is 27.8. The second-order valence-electron chi connectivity index (χ2n) is 5.06. The molecular formula is C16H17Cl2N3O3S. The Hall–Kier alpha value is -1.67. The minimum atomic E-state index is -0.270. The molecular weight excluding hydrogens is 385 g/mol. The maximum Gasteiger partial charge on any atom is 0.226 e. The zero-order valence-electron chi connectivity index (χ0n) is 13.5. The maximum absolute atomic E-state index is 11.9. The highest BCUT2D eigenvalue weighted by Gasteiger charge is 2.11. The van der Waals surface area contributed by atoms with Crippen LogP contribution in [-0.4, -0.2) is 37.1 Å². The number of benzene rings is 1. The van der Waals surface area contributed by atoms with E-state index in [4.69, 9.17) is 27.9 Å². The largest absolute Gasteiger partial charge is 0.383 e. The highest BCUT2D eigenvalue weighted by Crippen LogP contribution is 2.31. The molecule has 1 aromatic carbocycles. The van der Waals surface area contributed by atoms with Crippen molar-refractivity contribution in [2.45, 2.75) is 12.8 Å². The molecule has 0 fully saturated rings. The van der Waals surface area contributed by atoms with Crippen LogP contribution in [0.4, 0.5) is 5.82 Å². The third-order valence-corrected chi connectivity index (χ3v) is 4.78. The summed E-state index contributed by atoms with van der Waals surface area (Å²) >= 11 is 13.3. The summed E-state index contributed by atoms with van der Waals surface area (Å²) in [7, 11) is 1.56. The number of hydrogen-bond donors (Lipinski definition) is 2. The first-order valence-corrected chi connectivity index (χ1v) is 9.09. The second kappa shape index (κ2) is 9.72. The van der Waals surface area contributed by atoms with Crippen LogP contribution in [0.2, 0.25) is 10.0 Å². The molecule has 0 atom stereocenters. The summed E-state index contributed by atoms with van der Waals surface area (Å²) in [6.45, 7) is 0.865. The molecule has 0 unspecified atom stereocenters. The zero-order valence-corrected chi connectivity index (χ0v) is 15.8. The van der Waals surface area contributed by atoms with Crippen molar-refractivity contribution >= 4 is 52.2 Å². The minimum absolute atomic E-state index is 0.0818. The molecule has 0 saturated carbocycles. The lowest BCUT2D eigenvalue weighted by atomic mass is 10.2. The van der Waals surface area contributed by atoms with E-state index in [1.807, 2.05) is 6.07 Å². The van der Waals surface area contributed by atoms with Gasteiger partial charge in [-0.15, -0.1) is 11.3 Å². The number of rotatable bonds is 8. The number of carbonyl (C=O) groups is 2. The van der Waals surface area contributed by atoms with Gasteiger partial charge in [0, 0.05) is 37.4 Å². The molecule has 1 heterocycles. The fraction of sp³-hybridized carbons (Fsp3) is 0.312. The van der Waals surface area contributed by atoms with Crippen LogP contribution in [0.25, 0.3) is 10.6 Å². The van der Waals surface area contributed by atoms with Crippen LogP contribution in [0.3, 0.4) is 0 Å². The maximum atomic E-state index is 11.9. The predicted molar refractivity (Wildman–Crippen MR) is 100 cm³/mol. The van der Waals surface area contributed by atoms with E-state index in [1.54, 1.807) is 24.6 Å². The van der Waals surface area contributed by atoms with Gasteiger partial charge in [0.05, 0.1) is 16.7 Å². The number of thiazole rings is 1. The molecule has 0 radical (unpaired) electrons. The highest BCUT2D eigenvalue weighted by atomic mass is 35.5. The van der Waals surface area contributed by atoms with E-state index in [-0.39, 0.29) is 24.7 Å². The van der Waals surface area contributed by atoms with Gasteiger partial charge in [-0.05, 0) is 12.1 Å². The molecule has 1 aromatic heterocycles. The van der Waals surface area contributed by atoms with E-state index in [1.165, 1.54) is 11.3 Å². The van der Waals surface area contributed by atoms with E-state index in [0.717, 1.165) is 5.56 Å². The number of hydrogen-bond acceptors (Lipinski definition) is 5. The smallest absolute Gasteiger partial charge is 0.226 e. The first kappa shape index (κ1) is 19.7. The number of carbonyl (C=O) groups excluding carboxylic acids is 2. The predicted octanol–water partition coefficient (Wildman–Crippen LogP) is 3.60. The zero-order chi connectivity index (χ0) is 18.2. The van der Waals surface area contributed by atoms with E-state index in [2.05, 4.69) is 15.6 Å². The lowest BCUT2D eigenvalue weighted by molar-refractivity contribution is -0.124. The Balaban J connectivity index is 1.85. The summed E-state index contributed by atoms with van der Waals surface area (Å²) in [6.07, 6.45) is 0.192. The van der Waals surface area contributed by atoms with Crippen LogP contribution < -0.4 is 10.6 Å². The van der Waals surface area contributed by atoms with Crippen molar-refractivity contribution in [1.29, 1.82) is 0 Å². The van der Waals surface area contributed by atoms with Gasteiger partial charge in [0.25, 0.3) is 0 Å². The molecule has 0 saturated heterocycles. The Morgan fingerprint density at radius 3 is 2.68 bits per heavy atom. The van der Waals surface area contributed by atoms with E-state index >= 15 is 0 Å². The molecule has 0 aliphatic heterocycles. The van der Waals surface area contributed by atoms with Crippen molar-refractivity contribution in [1.82, 2.24) is 10.3 Å². The molecule has 2 N–H and O–H groups in total.